The van der Waals surface area contributed by atoms with E-state index in [-0.39, 0.29) is 9.80 Å². The maximum atomic E-state index is 12.7. The third kappa shape index (κ3) is 4.13. The standard InChI is InChI=1S/C15H21BrN2O2/c1-15(2,3)20-14(19)18-9-7-17(8-10-18)13-6-4-5-12(16)11-13/h4-6,11H,7-10H2,1-3H3/i4D,5D,6D,7D2,8D2,9D2,10D2,11D. The third-order valence-electron chi connectivity index (χ3n) is 1.93. The minimum absolute atomic E-state index is 0.0895. The molecule has 2 rings (SSSR count). The second kappa shape index (κ2) is 6.04. The molecule has 1 aromatic rings. The molecule has 0 radical (unpaired) electrons. The SMILES string of the molecule is [2H]c1c([2H])c(Br)c([2H])c(N2C([2H])([2H])C([2H])([2H])N(C(=O)OC(C)(C)C)C([2H])([2H])C2([2H])[2H])c1[2H]. The van der Waals surface area contributed by atoms with E-state index in [2.05, 4.69) is 15.9 Å². The number of rotatable bonds is 1. The molecule has 0 saturated carbocycles. The summed E-state index contributed by atoms with van der Waals surface area (Å²) in [6, 6.07) is -3.22. The largest absolute Gasteiger partial charge is 0.444 e. The van der Waals surface area contributed by atoms with Crippen molar-refractivity contribution in [3.8, 4) is 0 Å². The van der Waals surface area contributed by atoms with E-state index in [1.807, 2.05) is 0 Å². The van der Waals surface area contributed by atoms with Crippen LogP contribution in [0.4, 0.5) is 10.5 Å². The summed E-state index contributed by atoms with van der Waals surface area (Å²) in [4.78, 5) is 12.3. The Labute approximate surface area is 145 Å². The maximum absolute atomic E-state index is 12.7. The summed E-state index contributed by atoms with van der Waals surface area (Å²) in [7, 11) is 0. The van der Waals surface area contributed by atoms with Crippen molar-refractivity contribution in [2.45, 2.75) is 26.4 Å². The van der Waals surface area contributed by atoms with Crippen molar-refractivity contribution in [2.75, 3.05) is 30.9 Å². The van der Waals surface area contributed by atoms with Gasteiger partial charge in [0.25, 0.3) is 0 Å². The Balaban J connectivity index is 2.89. The van der Waals surface area contributed by atoms with Gasteiger partial charge in [-0.2, -0.15) is 0 Å². The lowest BCUT2D eigenvalue weighted by atomic mass is 10.2. The molecule has 0 unspecified atom stereocenters. The fourth-order valence-corrected chi connectivity index (χ4v) is 1.48. The molecule has 1 aromatic carbocycles. The Morgan fingerprint density at radius 3 is 2.60 bits per heavy atom. The first-order chi connectivity index (χ1) is 14.0. The van der Waals surface area contributed by atoms with Gasteiger partial charge < -0.3 is 14.5 Å². The second-order valence-electron chi connectivity index (χ2n) is 4.76. The summed E-state index contributed by atoms with van der Waals surface area (Å²) < 4.78 is 103. The summed E-state index contributed by atoms with van der Waals surface area (Å²) in [5, 5.41) is 0. The molecule has 20 heavy (non-hydrogen) atoms. The van der Waals surface area contributed by atoms with Crippen LogP contribution < -0.4 is 4.90 Å². The van der Waals surface area contributed by atoms with Crippen LogP contribution in [-0.2, 0) is 4.74 Å². The molecular weight excluding hydrogens is 320 g/mol. The van der Waals surface area contributed by atoms with E-state index in [0.29, 0.717) is 0 Å². The van der Waals surface area contributed by atoms with Crippen LogP contribution in [0.2, 0.25) is 0 Å². The number of amides is 1. The zero-order valence-corrected chi connectivity index (χ0v) is 12.7. The molecule has 0 bridgehead atoms. The molecule has 0 spiro atoms. The third-order valence-corrected chi connectivity index (χ3v) is 2.32. The molecule has 0 aromatic heterocycles. The summed E-state index contributed by atoms with van der Waals surface area (Å²) in [6.07, 6.45) is -1.65. The Morgan fingerprint density at radius 2 is 2.00 bits per heavy atom. The lowest BCUT2D eigenvalue weighted by Crippen LogP contribution is -2.50. The summed E-state index contributed by atoms with van der Waals surface area (Å²) in [5.41, 5.74) is -2.19. The van der Waals surface area contributed by atoms with Gasteiger partial charge in [0.15, 0.2) is 0 Å². The Hall–Kier alpha value is -1.23. The van der Waals surface area contributed by atoms with Gasteiger partial charge in [-0.25, -0.2) is 4.79 Å². The minimum atomic E-state index is -3.57. The van der Waals surface area contributed by atoms with Crippen molar-refractivity contribution in [2.24, 2.45) is 0 Å². The van der Waals surface area contributed by atoms with Gasteiger partial charge in [0.1, 0.15) is 5.60 Å². The van der Waals surface area contributed by atoms with Crippen molar-refractivity contribution in [3.05, 3.63) is 28.6 Å². The van der Waals surface area contributed by atoms with Gasteiger partial charge in [-0.05, 0) is 38.9 Å². The van der Waals surface area contributed by atoms with Gasteiger partial charge in [0.2, 0.25) is 0 Å². The Morgan fingerprint density at radius 1 is 1.35 bits per heavy atom. The van der Waals surface area contributed by atoms with Crippen LogP contribution in [0, 0.1) is 0 Å². The molecule has 1 aliphatic heterocycles. The van der Waals surface area contributed by atoms with Gasteiger partial charge in [0, 0.05) is 36.1 Å². The smallest absolute Gasteiger partial charge is 0.410 e. The zero-order chi connectivity index (χ0) is 25.4. The van der Waals surface area contributed by atoms with Crippen molar-refractivity contribution in [1.29, 1.82) is 0 Å². The maximum Gasteiger partial charge on any atom is 0.410 e. The number of hydrogen-bond donors (Lipinski definition) is 0. The summed E-state index contributed by atoms with van der Waals surface area (Å²) in [5.74, 6) is 0. The normalized spacial score (nSPS) is 35.0. The van der Waals surface area contributed by atoms with E-state index in [0.717, 1.165) is 0 Å². The molecular formula is C15H21BrN2O2. The van der Waals surface area contributed by atoms with Crippen LogP contribution in [-0.4, -0.2) is 42.6 Å². The highest BCUT2D eigenvalue weighted by Crippen LogP contribution is 2.21. The van der Waals surface area contributed by atoms with Crippen molar-refractivity contribution >= 4 is 27.7 Å². The highest BCUT2D eigenvalue weighted by atomic mass is 79.9. The van der Waals surface area contributed by atoms with Crippen LogP contribution in [0.25, 0.3) is 0 Å². The number of carbonyl (C=O) groups is 1. The van der Waals surface area contributed by atoms with E-state index in [9.17, 15) is 4.79 Å². The molecule has 1 saturated heterocycles. The van der Waals surface area contributed by atoms with Crippen molar-refractivity contribution in [1.82, 2.24) is 4.90 Å². The van der Waals surface area contributed by atoms with Crippen molar-refractivity contribution in [3.63, 3.8) is 0 Å². The van der Waals surface area contributed by atoms with Crippen LogP contribution in [0.5, 0.6) is 0 Å². The number of carbonyl (C=O) groups excluding carboxylic acids is 1. The Bertz CT molecular complexity index is 906. The van der Waals surface area contributed by atoms with Gasteiger partial charge in [-0.3, -0.25) is 0 Å². The highest BCUT2D eigenvalue weighted by Gasteiger charge is 2.25. The molecule has 1 aliphatic rings. The number of hydrogen-bond acceptors (Lipinski definition) is 3. The highest BCUT2D eigenvalue weighted by molar-refractivity contribution is 9.10. The molecule has 1 heterocycles. The number of anilines is 1. The first kappa shape index (κ1) is 5.87. The lowest BCUT2D eigenvalue weighted by molar-refractivity contribution is 0.0240. The molecule has 4 nitrogen and oxygen atoms in total. The fraction of sp³-hybridized carbons (Fsp3) is 0.533. The van der Waals surface area contributed by atoms with Crippen LogP contribution in [0.1, 0.15) is 37.2 Å². The number of halogens is 1. The minimum Gasteiger partial charge on any atom is -0.444 e. The molecule has 5 heteroatoms. The van der Waals surface area contributed by atoms with Crippen LogP contribution in [0.3, 0.4) is 0 Å². The monoisotopic (exact) mass is 352 g/mol. The lowest BCUT2D eigenvalue weighted by Gasteiger charge is -2.36. The Kier molecular flexibility index (Phi) is 1.77. The first-order valence-electron chi connectivity index (χ1n) is 11.6. The van der Waals surface area contributed by atoms with E-state index in [1.165, 1.54) is 20.8 Å². The zero-order valence-electron chi connectivity index (χ0n) is 23.1. The molecule has 1 amide bonds. The number of ether oxygens (including phenoxy) is 1. The molecule has 0 N–H and O–H groups in total. The van der Waals surface area contributed by atoms with Gasteiger partial charge in [0.05, 0.1) is 16.4 Å². The topological polar surface area (TPSA) is 32.8 Å². The van der Waals surface area contributed by atoms with Gasteiger partial charge in [-0.15, -0.1) is 0 Å². The summed E-state index contributed by atoms with van der Waals surface area (Å²) in [6.45, 7) is -10.0. The molecule has 0 atom stereocenters. The first-order valence-corrected chi connectivity index (χ1v) is 6.44. The van der Waals surface area contributed by atoms with Crippen LogP contribution in [0.15, 0.2) is 28.6 Å². The van der Waals surface area contributed by atoms with E-state index in [4.69, 9.17) is 21.2 Å². The molecule has 110 valence electrons. The number of piperazine rings is 1. The predicted molar refractivity (Wildman–Crippen MR) is 84.2 cm³/mol. The molecule has 0 aliphatic carbocycles. The average Bonchev–Trinajstić information content (AvgIpc) is 2.58. The number of nitrogens with zero attached hydrogens (tertiary/aromatic N) is 2. The molecule has 1 fully saturated rings. The predicted octanol–water partition coefficient (Wildman–Crippen LogP) is 3.51. The van der Waals surface area contributed by atoms with E-state index >= 15 is 0 Å². The average molecular weight is 353 g/mol. The van der Waals surface area contributed by atoms with Crippen molar-refractivity contribution < 1.29 is 26.0 Å². The van der Waals surface area contributed by atoms with E-state index in [1.54, 1.807) is 0 Å². The van der Waals surface area contributed by atoms with E-state index < -0.39 is 72.0 Å². The van der Waals surface area contributed by atoms with Gasteiger partial charge >= 0.3 is 6.09 Å². The second-order valence-corrected chi connectivity index (χ2v) is 5.55. The number of benzene rings is 1. The van der Waals surface area contributed by atoms with Crippen LogP contribution >= 0.6 is 15.9 Å². The quantitative estimate of drug-likeness (QED) is 0.775. The van der Waals surface area contributed by atoms with Gasteiger partial charge in [-0.1, -0.05) is 22.0 Å². The fourth-order valence-electron chi connectivity index (χ4n) is 1.19. The summed E-state index contributed by atoms with van der Waals surface area (Å²) >= 11 is 2.86.